The lowest BCUT2D eigenvalue weighted by molar-refractivity contribution is -0.143. The highest BCUT2D eigenvalue weighted by atomic mass is 16.5. The van der Waals surface area contributed by atoms with Crippen molar-refractivity contribution in [2.75, 3.05) is 25.2 Å². The number of hydrogen-bond acceptors (Lipinski definition) is 7. The van der Waals surface area contributed by atoms with E-state index in [0.29, 0.717) is 24.8 Å². The molecule has 3 heterocycles. The van der Waals surface area contributed by atoms with Crippen molar-refractivity contribution in [3.63, 3.8) is 0 Å². The number of fused-ring (bicyclic) bond motifs is 3. The third-order valence-corrected chi connectivity index (χ3v) is 5.19. The Morgan fingerprint density at radius 3 is 2.70 bits per heavy atom. The van der Waals surface area contributed by atoms with Crippen LogP contribution in [0.5, 0.6) is 5.75 Å². The van der Waals surface area contributed by atoms with E-state index >= 15 is 0 Å². The number of aryl methyl sites for hydroxylation is 2. The Morgan fingerprint density at radius 2 is 1.97 bits per heavy atom. The lowest BCUT2D eigenvalue weighted by Crippen LogP contribution is -2.41. The van der Waals surface area contributed by atoms with E-state index in [4.69, 9.17) is 9.47 Å². The van der Waals surface area contributed by atoms with Gasteiger partial charge < -0.3 is 18.9 Å². The van der Waals surface area contributed by atoms with Crippen LogP contribution in [0.15, 0.2) is 33.9 Å². The SMILES string of the molecule is CCOC(=O)Cn1c(=O)c2c(nc3n2CCCN3c2ccccc2OC)n(C)c1=O. The molecule has 30 heavy (non-hydrogen) atoms. The van der Waals surface area contributed by atoms with Crippen LogP contribution in [0.3, 0.4) is 0 Å². The second kappa shape index (κ2) is 7.69. The average Bonchev–Trinajstić information content (AvgIpc) is 3.15. The van der Waals surface area contributed by atoms with Gasteiger partial charge in [0.15, 0.2) is 11.2 Å². The molecule has 1 aliphatic heterocycles. The van der Waals surface area contributed by atoms with Crippen LogP contribution >= 0.6 is 0 Å². The minimum Gasteiger partial charge on any atom is -0.495 e. The Balaban J connectivity index is 1.93. The Kier molecular flexibility index (Phi) is 5.06. The van der Waals surface area contributed by atoms with E-state index in [2.05, 4.69) is 4.98 Å². The number of para-hydroxylation sites is 2. The van der Waals surface area contributed by atoms with Gasteiger partial charge in [-0.3, -0.25) is 14.2 Å². The molecule has 0 amide bonds. The monoisotopic (exact) mass is 413 g/mol. The maximum atomic E-state index is 13.2. The van der Waals surface area contributed by atoms with Gasteiger partial charge in [0, 0.05) is 20.1 Å². The molecule has 0 saturated heterocycles. The number of carbonyl (C=O) groups excluding carboxylic acids is 1. The molecule has 4 rings (SSSR count). The normalized spacial score (nSPS) is 13.4. The van der Waals surface area contributed by atoms with Gasteiger partial charge in [-0.2, -0.15) is 4.98 Å². The van der Waals surface area contributed by atoms with Gasteiger partial charge in [-0.05, 0) is 25.5 Å². The molecule has 0 radical (unpaired) electrons. The maximum absolute atomic E-state index is 13.2. The highest BCUT2D eigenvalue weighted by Gasteiger charge is 2.28. The summed E-state index contributed by atoms with van der Waals surface area (Å²) in [5.41, 5.74) is 0.229. The molecule has 0 atom stereocenters. The van der Waals surface area contributed by atoms with Crippen LogP contribution in [-0.2, 0) is 29.7 Å². The lowest BCUT2D eigenvalue weighted by Gasteiger charge is -2.30. The molecule has 1 aliphatic rings. The molecule has 1 aromatic carbocycles. The predicted molar refractivity (Wildman–Crippen MR) is 110 cm³/mol. The van der Waals surface area contributed by atoms with Crippen LogP contribution in [0.1, 0.15) is 13.3 Å². The molecule has 0 unspecified atom stereocenters. The summed E-state index contributed by atoms with van der Waals surface area (Å²) in [6.07, 6.45) is 0.774. The van der Waals surface area contributed by atoms with Gasteiger partial charge in [0.2, 0.25) is 5.95 Å². The van der Waals surface area contributed by atoms with Crippen LogP contribution in [0.2, 0.25) is 0 Å². The summed E-state index contributed by atoms with van der Waals surface area (Å²) in [5.74, 6) is 0.610. The quantitative estimate of drug-likeness (QED) is 0.576. The summed E-state index contributed by atoms with van der Waals surface area (Å²) in [6, 6.07) is 7.57. The molecule has 158 valence electrons. The highest BCUT2D eigenvalue weighted by molar-refractivity contribution is 5.78. The number of benzene rings is 1. The number of methoxy groups -OCH3 is 1. The number of carbonyl (C=O) groups is 1. The number of rotatable bonds is 5. The zero-order valence-corrected chi connectivity index (χ0v) is 17.1. The van der Waals surface area contributed by atoms with Crippen LogP contribution in [-0.4, -0.2) is 44.9 Å². The van der Waals surface area contributed by atoms with Gasteiger partial charge >= 0.3 is 11.7 Å². The van der Waals surface area contributed by atoms with E-state index in [9.17, 15) is 14.4 Å². The molecule has 3 aromatic rings. The minimum atomic E-state index is -0.634. The molecule has 0 bridgehead atoms. The zero-order valence-electron chi connectivity index (χ0n) is 17.1. The Hall–Kier alpha value is -3.56. The fourth-order valence-electron chi connectivity index (χ4n) is 3.82. The van der Waals surface area contributed by atoms with E-state index in [0.717, 1.165) is 16.7 Å². The molecule has 0 saturated carbocycles. The predicted octanol–water partition coefficient (Wildman–Crippen LogP) is 1.01. The molecule has 0 fully saturated rings. The van der Waals surface area contributed by atoms with Gasteiger partial charge in [-0.1, -0.05) is 12.1 Å². The lowest BCUT2D eigenvalue weighted by atomic mass is 10.2. The van der Waals surface area contributed by atoms with E-state index in [1.54, 1.807) is 18.6 Å². The average molecular weight is 413 g/mol. The van der Waals surface area contributed by atoms with Crippen molar-refractivity contribution in [1.29, 1.82) is 0 Å². The topological polar surface area (TPSA) is 101 Å². The van der Waals surface area contributed by atoms with E-state index in [1.165, 1.54) is 11.6 Å². The van der Waals surface area contributed by atoms with Crippen molar-refractivity contribution in [2.45, 2.75) is 26.4 Å². The second-order valence-electron chi connectivity index (χ2n) is 6.95. The van der Waals surface area contributed by atoms with Crippen LogP contribution in [0.4, 0.5) is 11.6 Å². The second-order valence-corrected chi connectivity index (χ2v) is 6.95. The number of ether oxygens (including phenoxy) is 2. The smallest absolute Gasteiger partial charge is 0.333 e. The number of nitrogens with zero attached hydrogens (tertiary/aromatic N) is 5. The standard InChI is InChI=1S/C20H23N5O5/c1-4-30-15(26)12-25-18(27)16-17(22(2)20(25)28)21-19-23(10-7-11-24(16)19)13-8-5-6-9-14(13)29-3/h5-6,8-9H,4,7,10-12H2,1-3H3. The van der Waals surface area contributed by atoms with Crippen LogP contribution < -0.4 is 20.9 Å². The van der Waals surface area contributed by atoms with E-state index in [-0.39, 0.29) is 17.8 Å². The number of hydrogen-bond donors (Lipinski definition) is 0. The zero-order chi connectivity index (χ0) is 21.4. The largest absolute Gasteiger partial charge is 0.495 e. The van der Waals surface area contributed by atoms with Crippen LogP contribution in [0.25, 0.3) is 11.2 Å². The summed E-state index contributed by atoms with van der Waals surface area (Å²) in [4.78, 5) is 44.5. The summed E-state index contributed by atoms with van der Waals surface area (Å²) >= 11 is 0. The summed E-state index contributed by atoms with van der Waals surface area (Å²) in [5, 5.41) is 0. The molecular weight excluding hydrogens is 390 g/mol. The van der Waals surface area contributed by atoms with Crippen molar-refractivity contribution in [3.8, 4) is 5.75 Å². The first kappa shape index (κ1) is 19.7. The first-order valence-electron chi connectivity index (χ1n) is 9.74. The van der Waals surface area contributed by atoms with Gasteiger partial charge in [-0.25, -0.2) is 9.36 Å². The van der Waals surface area contributed by atoms with Gasteiger partial charge in [0.25, 0.3) is 5.56 Å². The van der Waals surface area contributed by atoms with Crippen molar-refractivity contribution < 1.29 is 14.3 Å². The van der Waals surface area contributed by atoms with E-state index in [1.807, 2.05) is 29.2 Å². The molecule has 0 N–H and O–H groups in total. The molecular formula is C20H23N5O5. The van der Waals surface area contributed by atoms with Crippen molar-refractivity contribution in [1.82, 2.24) is 18.7 Å². The number of anilines is 2. The fraction of sp³-hybridized carbons (Fsp3) is 0.400. The van der Waals surface area contributed by atoms with Gasteiger partial charge in [0.1, 0.15) is 12.3 Å². The fourth-order valence-corrected chi connectivity index (χ4v) is 3.82. The van der Waals surface area contributed by atoms with E-state index < -0.39 is 23.8 Å². The number of aromatic nitrogens is 4. The Labute approximate surface area is 171 Å². The minimum absolute atomic E-state index is 0.173. The van der Waals surface area contributed by atoms with Crippen molar-refractivity contribution >= 4 is 28.8 Å². The summed E-state index contributed by atoms with van der Waals surface area (Å²) in [6.45, 7) is 2.67. The summed E-state index contributed by atoms with van der Waals surface area (Å²) in [7, 11) is 3.14. The first-order chi connectivity index (χ1) is 14.5. The molecule has 10 nitrogen and oxygen atoms in total. The van der Waals surface area contributed by atoms with Crippen LogP contribution in [0, 0.1) is 0 Å². The summed E-state index contributed by atoms with van der Waals surface area (Å²) < 4.78 is 14.4. The Bertz CT molecular complexity index is 1240. The Morgan fingerprint density at radius 1 is 1.20 bits per heavy atom. The van der Waals surface area contributed by atoms with Gasteiger partial charge in [0.05, 0.1) is 19.4 Å². The molecule has 0 aliphatic carbocycles. The number of esters is 1. The van der Waals surface area contributed by atoms with Crippen molar-refractivity contribution in [2.24, 2.45) is 7.05 Å². The molecule has 10 heteroatoms. The molecule has 0 spiro atoms. The third kappa shape index (κ3) is 3.04. The highest BCUT2D eigenvalue weighted by Crippen LogP contribution is 2.36. The first-order valence-corrected chi connectivity index (χ1v) is 9.74. The third-order valence-electron chi connectivity index (χ3n) is 5.19. The van der Waals surface area contributed by atoms with Crippen molar-refractivity contribution in [3.05, 3.63) is 45.1 Å². The maximum Gasteiger partial charge on any atom is 0.333 e. The van der Waals surface area contributed by atoms with Gasteiger partial charge in [-0.15, -0.1) is 0 Å². The number of imidazole rings is 1. The molecule has 2 aromatic heterocycles.